The van der Waals surface area contributed by atoms with Gasteiger partial charge in [-0.25, -0.2) is 9.59 Å². The van der Waals surface area contributed by atoms with Gasteiger partial charge in [-0.2, -0.15) is 5.26 Å². The lowest BCUT2D eigenvalue weighted by atomic mass is 9.96. The van der Waals surface area contributed by atoms with Crippen LogP contribution >= 0.6 is 0 Å². The molecule has 1 saturated carbocycles. The highest BCUT2D eigenvalue weighted by Crippen LogP contribution is 2.17. The fraction of sp³-hybridized carbons (Fsp3) is 0.400. The number of nitrogens with zero attached hydrogens (tertiary/aromatic N) is 1. The van der Waals surface area contributed by atoms with E-state index < -0.39 is 24.5 Å². The molecular formula is C20H23N3O5. The van der Waals surface area contributed by atoms with Crippen LogP contribution in [0.4, 0.5) is 4.79 Å². The summed E-state index contributed by atoms with van der Waals surface area (Å²) in [5.74, 6) is -1.14. The number of methoxy groups -OCH3 is 1. The van der Waals surface area contributed by atoms with Crippen molar-refractivity contribution in [3.63, 3.8) is 0 Å². The molecule has 0 aromatic heterocycles. The minimum absolute atomic E-state index is 0.0556. The van der Waals surface area contributed by atoms with Gasteiger partial charge < -0.3 is 14.8 Å². The van der Waals surface area contributed by atoms with Crippen LogP contribution in [0.15, 0.2) is 29.8 Å². The number of esters is 1. The predicted octanol–water partition coefficient (Wildman–Crippen LogP) is 2.30. The molecule has 1 aliphatic carbocycles. The SMILES string of the molecule is COc1cccc(/C=C(\C#N)C(=O)OCC(=O)NC(=O)NC2CCCCC2)c1. The lowest BCUT2D eigenvalue weighted by molar-refractivity contribution is -0.144. The highest BCUT2D eigenvalue weighted by Gasteiger charge is 2.18. The zero-order chi connectivity index (χ0) is 20.4. The third-order valence-electron chi connectivity index (χ3n) is 4.27. The van der Waals surface area contributed by atoms with Crippen molar-refractivity contribution >= 4 is 24.0 Å². The third-order valence-corrected chi connectivity index (χ3v) is 4.27. The van der Waals surface area contributed by atoms with Crippen LogP contribution in [0.3, 0.4) is 0 Å². The number of hydrogen-bond donors (Lipinski definition) is 2. The average Bonchev–Trinajstić information content (AvgIpc) is 2.71. The average molecular weight is 385 g/mol. The largest absolute Gasteiger partial charge is 0.497 e. The smallest absolute Gasteiger partial charge is 0.349 e. The second-order valence-electron chi connectivity index (χ2n) is 6.38. The van der Waals surface area contributed by atoms with Crippen LogP contribution in [0.25, 0.3) is 6.08 Å². The monoisotopic (exact) mass is 385 g/mol. The zero-order valence-corrected chi connectivity index (χ0v) is 15.7. The summed E-state index contributed by atoms with van der Waals surface area (Å²) in [5.41, 5.74) is 0.303. The van der Waals surface area contributed by atoms with Gasteiger partial charge in [-0.15, -0.1) is 0 Å². The van der Waals surface area contributed by atoms with Gasteiger partial charge in [-0.05, 0) is 36.6 Å². The maximum Gasteiger partial charge on any atom is 0.349 e. The van der Waals surface area contributed by atoms with Gasteiger partial charge in [0.1, 0.15) is 17.4 Å². The molecule has 1 aromatic carbocycles. The molecule has 1 aromatic rings. The van der Waals surface area contributed by atoms with Gasteiger partial charge in [0.05, 0.1) is 7.11 Å². The molecule has 8 heteroatoms. The van der Waals surface area contributed by atoms with Crippen molar-refractivity contribution in [2.45, 2.75) is 38.1 Å². The molecule has 2 N–H and O–H groups in total. The van der Waals surface area contributed by atoms with E-state index >= 15 is 0 Å². The van der Waals surface area contributed by atoms with Crippen LogP contribution in [0.2, 0.25) is 0 Å². The van der Waals surface area contributed by atoms with Crippen LogP contribution in [0, 0.1) is 11.3 Å². The molecule has 8 nitrogen and oxygen atoms in total. The van der Waals surface area contributed by atoms with E-state index in [1.807, 2.05) is 0 Å². The number of urea groups is 1. The molecule has 0 bridgehead atoms. The number of benzene rings is 1. The Bertz CT molecular complexity index is 791. The third kappa shape index (κ3) is 6.76. The van der Waals surface area contributed by atoms with Crippen molar-refractivity contribution < 1.29 is 23.9 Å². The van der Waals surface area contributed by atoms with Crippen molar-refractivity contribution in [3.05, 3.63) is 35.4 Å². The number of nitriles is 1. The van der Waals surface area contributed by atoms with Gasteiger partial charge in [0.25, 0.3) is 5.91 Å². The van der Waals surface area contributed by atoms with Gasteiger partial charge in [-0.3, -0.25) is 10.1 Å². The highest BCUT2D eigenvalue weighted by molar-refractivity contribution is 6.00. The fourth-order valence-electron chi connectivity index (χ4n) is 2.87. The van der Waals surface area contributed by atoms with Gasteiger partial charge >= 0.3 is 12.0 Å². The molecular weight excluding hydrogens is 362 g/mol. The molecule has 1 aliphatic rings. The van der Waals surface area contributed by atoms with E-state index in [1.165, 1.54) is 13.2 Å². The van der Waals surface area contributed by atoms with Gasteiger partial charge in [0, 0.05) is 6.04 Å². The Hall–Kier alpha value is -3.34. The van der Waals surface area contributed by atoms with Gasteiger partial charge in [0.2, 0.25) is 0 Å². The van der Waals surface area contributed by atoms with Crippen molar-refractivity contribution in [2.24, 2.45) is 0 Å². The maximum absolute atomic E-state index is 12.0. The van der Waals surface area contributed by atoms with Gasteiger partial charge in [-0.1, -0.05) is 31.4 Å². The Balaban J connectivity index is 1.83. The molecule has 0 heterocycles. The van der Waals surface area contributed by atoms with E-state index in [2.05, 4.69) is 10.6 Å². The number of rotatable bonds is 6. The van der Waals surface area contributed by atoms with Crippen LogP contribution in [-0.4, -0.2) is 37.7 Å². The second-order valence-corrected chi connectivity index (χ2v) is 6.38. The van der Waals surface area contributed by atoms with Crippen LogP contribution in [-0.2, 0) is 14.3 Å². The maximum atomic E-state index is 12.0. The lowest BCUT2D eigenvalue weighted by Crippen LogP contribution is -2.46. The van der Waals surface area contributed by atoms with Crippen molar-refractivity contribution in [1.82, 2.24) is 10.6 Å². The zero-order valence-electron chi connectivity index (χ0n) is 15.7. The Kier molecular flexibility index (Phi) is 8.03. The molecule has 3 amide bonds. The lowest BCUT2D eigenvalue weighted by Gasteiger charge is -2.22. The molecule has 0 radical (unpaired) electrons. The standard InChI is InChI=1S/C20H23N3O5/c1-27-17-9-5-6-14(11-17)10-15(12-21)19(25)28-13-18(24)23-20(26)22-16-7-3-2-4-8-16/h5-6,9-11,16H,2-4,7-8,13H2,1H3,(H2,22,23,24,26)/b15-10+. The molecule has 0 unspecified atom stereocenters. The molecule has 1 fully saturated rings. The topological polar surface area (TPSA) is 118 Å². The number of nitrogens with one attached hydrogen (secondary N) is 2. The first-order valence-electron chi connectivity index (χ1n) is 9.05. The normalized spacial score (nSPS) is 14.5. The first-order valence-corrected chi connectivity index (χ1v) is 9.05. The molecule has 0 aliphatic heterocycles. The summed E-state index contributed by atoms with van der Waals surface area (Å²) in [4.78, 5) is 35.6. The first-order chi connectivity index (χ1) is 13.5. The van der Waals surface area contributed by atoms with E-state index in [4.69, 9.17) is 14.7 Å². The highest BCUT2D eigenvalue weighted by atomic mass is 16.5. The summed E-state index contributed by atoms with van der Waals surface area (Å²) in [6.45, 7) is -0.659. The molecule has 2 rings (SSSR count). The quantitative estimate of drug-likeness (QED) is 0.441. The van der Waals surface area contributed by atoms with E-state index in [1.54, 1.807) is 30.3 Å². The van der Waals surface area contributed by atoms with Crippen LogP contribution in [0.5, 0.6) is 5.75 Å². The number of carbonyl (C=O) groups excluding carboxylic acids is 3. The van der Waals surface area contributed by atoms with Crippen LogP contribution in [0.1, 0.15) is 37.7 Å². The van der Waals surface area contributed by atoms with Crippen molar-refractivity contribution in [3.8, 4) is 11.8 Å². The number of imide groups is 1. The second kappa shape index (κ2) is 10.7. The Labute approximate surface area is 163 Å². The van der Waals surface area contributed by atoms with Crippen molar-refractivity contribution in [1.29, 1.82) is 5.26 Å². The fourth-order valence-corrected chi connectivity index (χ4v) is 2.87. The summed E-state index contributed by atoms with van der Waals surface area (Å²) >= 11 is 0. The number of carbonyl (C=O) groups is 3. The van der Waals surface area contributed by atoms with E-state index in [-0.39, 0.29) is 11.6 Å². The number of amides is 3. The molecule has 28 heavy (non-hydrogen) atoms. The molecule has 148 valence electrons. The molecule has 0 saturated heterocycles. The summed E-state index contributed by atoms with van der Waals surface area (Å²) in [6.07, 6.45) is 6.35. The van der Waals surface area contributed by atoms with E-state index in [9.17, 15) is 14.4 Å². The van der Waals surface area contributed by atoms with E-state index in [0.717, 1.165) is 32.1 Å². The summed E-state index contributed by atoms with van der Waals surface area (Å²) in [6, 6.07) is 7.96. The first kappa shape index (κ1) is 21.0. The van der Waals surface area contributed by atoms with Crippen LogP contribution < -0.4 is 15.4 Å². The Morgan fingerprint density at radius 1 is 1.25 bits per heavy atom. The summed E-state index contributed by atoms with van der Waals surface area (Å²) in [5, 5.41) is 14.0. The summed E-state index contributed by atoms with van der Waals surface area (Å²) < 4.78 is 9.91. The number of ether oxygens (including phenoxy) is 2. The van der Waals surface area contributed by atoms with E-state index in [0.29, 0.717) is 11.3 Å². The molecule has 0 atom stereocenters. The Morgan fingerprint density at radius 3 is 2.68 bits per heavy atom. The van der Waals surface area contributed by atoms with Crippen molar-refractivity contribution in [2.75, 3.05) is 13.7 Å². The Morgan fingerprint density at radius 2 is 2.00 bits per heavy atom. The van der Waals surface area contributed by atoms with Gasteiger partial charge in [0.15, 0.2) is 6.61 Å². The predicted molar refractivity (Wildman–Crippen MR) is 101 cm³/mol. The minimum Gasteiger partial charge on any atom is -0.497 e. The summed E-state index contributed by atoms with van der Waals surface area (Å²) in [7, 11) is 1.51. The minimum atomic E-state index is -0.951. The molecule has 0 spiro atoms. The number of hydrogen-bond acceptors (Lipinski definition) is 6.